The number of nitrogens with zero attached hydrogens (tertiary/aromatic N) is 1. The molecule has 0 spiro atoms. The molecule has 3 heteroatoms. The standard InChI is InChI=1S/C12H22N2O/c1-11(9-13-12-3-4-12)10-14-5-2-7-15-8-6-14/h12-13H,1-10H2. The van der Waals surface area contributed by atoms with Crippen molar-refractivity contribution in [1.82, 2.24) is 10.2 Å². The summed E-state index contributed by atoms with van der Waals surface area (Å²) >= 11 is 0. The molecule has 0 amide bonds. The van der Waals surface area contributed by atoms with E-state index in [1.807, 2.05) is 0 Å². The quantitative estimate of drug-likeness (QED) is 0.686. The molecule has 1 saturated heterocycles. The number of hydrogen-bond acceptors (Lipinski definition) is 3. The molecule has 1 aliphatic carbocycles. The van der Waals surface area contributed by atoms with Crippen LogP contribution in [0.3, 0.4) is 0 Å². The van der Waals surface area contributed by atoms with Crippen molar-refractivity contribution in [3.8, 4) is 0 Å². The molecule has 0 atom stereocenters. The smallest absolute Gasteiger partial charge is 0.0593 e. The highest BCUT2D eigenvalue weighted by Gasteiger charge is 2.20. The van der Waals surface area contributed by atoms with E-state index in [0.717, 1.165) is 51.9 Å². The van der Waals surface area contributed by atoms with Crippen LogP contribution in [0.15, 0.2) is 12.2 Å². The lowest BCUT2D eigenvalue weighted by Crippen LogP contribution is -2.31. The van der Waals surface area contributed by atoms with Gasteiger partial charge >= 0.3 is 0 Å². The summed E-state index contributed by atoms with van der Waals surface area (Å²) in [5.41, 5.74) is 1.31. The van der Waals surface area contributed by atoms with E-state index >= 15 is 0 Å². The van der Waals surface area contributed by atoms with E-state index in [9.17, 15) is 0 Å². The summed E-state index contributed by atoms with van der Waals surface area (Å²) in [7, 11) is 0. The highest BCUT2D eigenvalue weighted by Crippen LogP contribution is 2.18. The second-order valence-corrected chi connectivity index (χ2v) is 4.65. The lowest BCUT2D eigenvalue weighted by molar-refractivity contribution is 0.142. The molecule has 86 valence electrons. The van der Waals surface area contributed by atoms with Crippen molar-refractivity contribution in [2.24, 2.45) is 0 Å². The van der Waals surface area contributed by atoms with Crippen molar-refractivity contribution in [3.63, 3.8) is 0 Å². The van der Waals surface area contributed by atoms with Gasteiger partial charge in [0.25, 0.3) is 0 Å². The van der Waals surface area contributed by atoms with Gasteiger partial charge in [0, 0.05) is 38.8 Å². The van der Waals surface area contributed by atoms with Gasteiger partial charge < -0.3 is 10.1 Å². The Morgan fingerprint density at radius 1 is 1.33 bits per heavy atom. The lowest BCUT2D eigenvalue weighted by atomic mass is 10.2. The van der Waals surface area contributed by atoms with Crippen LogP contribution < -0.4 is 5.32 Å². The van der Waals surface area contributed by atoms with Gasteiger partial charge in [-0.3, -0.25) is 4.90 Å². The van der Waals surface area contributed by atoms with Gasteiger partial charge in [-0.1, -0.05) is 6.58 Å². The number of nitrogens with one attached hydrogen (secondary N) is 1. The molecule has 0 radical (unpaired) electrons. The van der Waals surface area contributed by atoms with Gasteiger partial charge in [-0.15, -0.1) is 0 Å². The van der Waals surface area contributed by atoms with Gasteiger partial charge in [0.15, 0.2) is 0 Å². The third-order valence-corrected chi connectivity index (χ3v) is 2.98. The summed E-state index contributed by atoms with van der Waals surface area (Å²) < 4.78 is 5.43. The summed E-state index contributed by atoms with van der Waals surface area (Å²) in [6.45, 7) is 10.2. The van der Waals surface area contributed by atoms with Gasteiger partial charge in [-0.2, -0.15) is 0 Å². The molecule has 1 aliphatic heterocycles. The molecular formula is C12H22N2O. The topological polar surface area (TPSA) is 24.5 Å². The molecule has 15 heavy (non-hydrogen) atoms. The fraction of sp³-hybridized carbons (Fsp3) is 0.833. The van der Waals surface area contributed by atoms with Crippen molar-refractivity contribution in [1.29, 1.82) is 0 Å². The maximum atomic E-state index is 5.43. The first-order chi connectivity index (χ1) is 7.34. The molecule has 0 unspecified atom stereocenters. The Bertz CT molecular complexity index is 206. The summed E-state index contributed by atoms with van der Waals surface area (Å²) in [5.74, 6) is 0. The minimum atomic E-state index is 0.786. The molecule has 0 bridgehead atoms. The third kappa shape index (κ3) is 4.33. The number of rotatable bonds is 5. The molecule has 1 N–H and O–H groups in total. The van der Waals surface area contributed by atoms with Crippen LogP contribution in [0.4, 0.5) is 0 Å². The Morgan fingerprint density at radius 3 is 3.00 bits per heavy atom. The van der Waals surface area contributed by atoms with Crippen LogP contribution in [-0.2, 0) is 4.74 Å². The van der Waals surface area contributed by atoms with Crippen molar-refractivity contribution in [2.45, 2.75) is 25.3 Å². The third-order valence-electron chi connectivity index (χ3n) is 2.98. The predicted molar refractivity (Wildman–Crippen MR) is 62.0 cm³/mol. The Kier molecular flexibility index (Phi) is 4.18. The number of hydrogen-bond donors (Lipinski definition) is 1. The fourth-order valence-electron chi connectivity index (χ4n) is 1.90. The summed E-state index contributed by atoms with van der Waals surface area (Å²) in [4.78, 5) is 2.45. The zero-order valence-corrected chi connectivity index (χ0v) is 9.50. The summed E-state index contributed by atoms with van der Waals surface area (Å²) in [5, 5.41) is 3.50. The zero-order valence-electron chi connectivity index (χ0n) is 9.50. The van der Waals surface area contributed by atoms with Crippen LogP contribution in [0.5, 0.6) is 0 Å². The minimum absolute atomic E-state index is 0.786. The minimum Gasteiger partial charge on any atom is -0.380 e. The van der Waals surface area contributed by atoms with E-state index < -0.39 is 0 Å². The molecule has 1 heterocycles. The molecule has 0 aromatic rings. The predicted octanol–water partition coefficient (Wildman–Crippen LogP) is 1.02. The van der Waals surface area contributed by atoms with Gasteiger partial charge in [0.2, 0.25) is 0 Å². The average molecular weight is 210 g/mol. The highest BCUT2D eigenvalue weighted by molar-refractivity contribution is 5.01. The van der Waals surface area contributed by atoms with E-state index in [0.29, 0.717) is 0 Å². The van der Waals surface area contributed by atoms with Crippen LogP contribution in [-0.4, -0.2) is 50.3 Å². The normalized spacial score (nSPS) is 23.7. The molecule has 2 fully saturated rings. The first-order valence-corrected chi connectivity index (χ1v) is 6.05. The Hall–Kier alpha value is -0.380. The first kappa shape index (κ1) is 11.1. The summed E-state index contributed by atoms with van der Waals surface area (Å²) in [6.07, 6.45) is 3.86. The average Bonchev–Trinajstić information content (AvgIpc) is 3.03. The van der Waals surface area contributed by atoms with Gasteiger partial charge in [-0.25, -0.2) is 0 Å². The molecule has 3 nitrogen and oxygen atoms in total. The Morgan fingerprint density at radius 2 is 2.20 bits per heavy atom. The second kappa shape index (κ2) is 5.64. The van der Waals surface area contributed by atoms with E-state index in [1.54, 1.807) is 0 Å². The zero-order chi connectivity index (χ0) is 10.5. The van der Waals surface area contributed by atoms with Crippen LogP contribution in [0.25, 0.3) is 0 Å². The molecule has 0 aromatic heterocycles. The fourth-order valence-corrected chi connectivity index (χ4v) is 1.90. The van der Waals surface area contributed by atoms with Crippen LogP contribution in [0.1, 0.15) is 19.3 Å². The van der Waals surface area contributed by atoms with Crippen molar-refractivity contribution in [3.05, 3.63) is 12.2 Å². The van der Waals surface area contributed by atoms with E-state index in [4.69, 9.17) is 4.74 Å². The molecule has 1 saturated carbocycles. The van der Waals surface area contributed by atoms with Gasteiger partial charge in [0.1, 0.15) is 0 Å². The molecular weight excluding hydrogens is 188 g/mol. The Balaban J connectivity index is 1.62. The Labute approximate surface area is 92.5 Å². The molecule has 2 aliphatic rings. The van der Waals surface area contributed by atoms with Crippen LogP contribution >= 0.6 is 0 Å². The van der Waals surface area contributed by atoms with Crippen LogP contribution in [0.2, 0.25) is 0 Å². The monoisotopic (exact) mass is 210 g/mol. The van der Waals surface area contributed by atoms with E-state index in [-0.39, 0.29) is 0 Å². The van der Waals surface area contributed by atoms with Crippen molar-refractivity contribution < 1.29 is 4.74 Å². The van der Waals surface area contributed by atoms with Gasteiger partial charge in [-0.05, 0) is 24.8 Å². The van der Waals surface area contributed by atoms with Crippen LogP contribution in [0, 0.1) is 0 Å². The van der Waals surface area contributed by atoms with E-state index in [1.165, 1.54) is 18.4 Å². The van der Waals surface area contributed by atoms with Crippen molar-refractivity contribution in [2.75, 3.05) is 39.4 Å². The van der Waals surface area contributed by atoms with Gasteiger partial charge in [0.05, 0.1) is 6.61 Å². The maximum Gasteiger partial charge on any atom is 0.0593 e. The largest absolute Gasteiger partial charge is 0.380 e. The summed E-state index contributed by atoms with van der Waals surface area (Å²) in [6, 6.07) is 0.786. The SMILES string of the molecule is C=C(CNC1CC1)CN1CCCOCC1. The second-order valence-electron chi connectivity index (χ2n) is 4.65. The first-order valence-electron chi connectivity index (χ1n) is 6.05. The maximum absolute atomic E-state index is 5.43. The number of ether oxygens (including phenoxy) is 1. The molecule has 2 rings (SSSR count). The lowest BCUT2D eigenvalue weighted by Gasteiger charge is -2.20. The van der Waals surface area contributed by atoms with E-state index in [2.05, 4.69) is 16.8 Å². The molecule has 0 aromatic carbocycles. The van der Waals surface area contributed by atoms with Crippen molar-refractivity contribution >= 4 is 0 Å². The highest BCUT2D eigenvalue weighted by atomic mass is 16.5.